The van der Waals surface area contributed by atoms with Gasteiger partial charge in [0.2, 0.25) is 0 Å². The molecule has 3 N–H and O–H groups in total. The topological polar surface area (TPSA) is 72.9 Å². The van der Waals surface area contributed by atoms with Gasteiger partial charge in [-0.15, -0.1) is 0 Å². The van der Waals surface area contributed by atoms with E-state index in [-0.39, 0.29) is 5.91 Å². The second kappa shape index (κ2) is 5.10. The maximum absolute atomic E-state index is 11.9. The van der Waals surface area contributed by atoms with Crippen LogP contribution in [0.1, 0.15) is 16.2 Å². The van der Waals surface area contributed by atoms with Crippen LogP contribution in [0.2, 0.25) is 5.02 Å². The molecule has 0 saturated carbocycles. The molecule has 2 rings (SSSR count). The number of carbonyl (C=O) groups is 1. The molecule has 0 spiro atoms. The molecule has 1 heterocycles. The molecule has 0 unspecified atom stereocenters. The number of benzene rings is 1. The molecule has 2 aromatic rings. The Morgan fingerprint density at radius 1 is 1.56 bits per heavy atom. The van der Waals surface area contributed by atoms with E-state index in [4.69, 9.17) is 17.3 Å². The average Bonchev–Trinajstić information content (AvgIpc) is 2.72. The van der Waals surface area contributed by atoms with Gasteiger partial charge in [-0.25, -0.2) is 4.98 Å². The second-order valence-corrected chi connectivity index (χ2v) is 4.31. The van der Waals surface area contributed by atoms with Crippen LogP contribution in [-0.2, 0) is 13.6 Å². The largest absolute Gasteiger partial charge is 0.398 e. The molecule has 0 aliphatic heterocycles. The van der Waals surface area contributed by atoms with Gasteiger partial charge in [-0.05, 0) is 18.2 Å². The summed E-state index contributed by atoms with van der Waals surface area (Å²) in [6.07, 6.45) is 3.50. The smallest absolute Gasteiger partial charge is 0.253 e. The van der Waals surface area contributed by atoms with Crippen LogP contribution in [0.5, 0.6) is 0 Å². The monoisotopic (exact) mass is 264 g/mol. The molecular formula is C12H13ClN4O. The van der Waals surface area contributed by atoms with Gasteiger partial charge in [0.15, 0.2) is 0 Å². The predicted octanol–water partition coefficient (Wildman–Crippen LogP) is 1.59. The molecule has 94 valence electrons. The highest BCUT2D eigenvalue weighted by Crippen LogP contribution is 2.17. The minimum atomic E-state index is -0.243. The molecule has 0 atom stereocenters. The number of rotatable bonds is 3. The van der Waals surface area contributed by atoms with E-state index in [1.54, 1.807) is 24.4 Å². The summed E-state index contributed by atoms with van der Waals surface area (Å²) in [7, 11) is 1.87. The zero-order valence-corrected chi connectivity index (χ0v) is 10.6. The number of nitrogen functional groups attached to an aromatic ring is 1. The zero-order chi connectivity index (χ0) is 13.1. The van der Waals surface area contributed by atoms with Crippen molar-refractivity contribution in [2.45, 2.75) is 6.54 Å². The summed E-state index contributed by atoms with van der Waals surface area (Å²) in [5.41, 5.74) is 6.51. The molecule has 0 radical (unpaired) electrons. The number of aromatic nitrogens is 2. The Balaban J connectivity index is 2.06. The van der Waals surface area contributed by atoms with E-state index in [9.17, 15) is 4.79 Å². The number of aryl methyl sites for hydroxylation is 1. The summed E-state index contributed by atoms with van der Waals surface area (Å²) in [6, 6.07) is 4.79. The number of nitrogens with one attached hydrogen (secondary N) is 1. The van der Waals surface area contributed by atoms with E-state index in [1.165, 1.54) is 0 Å². The third-order valence-electron chi connectivity index (χ3n) is 2.59. The summed E-state index contributed by atoms with van der Waals surface area (Å²) < 4.78 is 1.84. The van der Waals surface area contributed by atoms with Gasteiger partial charge in [-0.2, -0.15) is 0 Å². The Bertz CT molecular complexity index is 579. The Hall–Kier alpha value is -2.01. The molecule has 0 aliphatic carbocycles. The van der Waals surface area contributed by atoms with Crippen molar-refractivity contribution in [2.24, 2.45) is 7.05 Å². The molecule has 5 nitrogen and oxygen atoms in total. The first-order valence-corrected chi connectivity index (χ1v) is 5.75. The highest BCUT2D eigenvalue weighted by Gasteiger charge is 2.10. The van der Waals surface area contributed by atoms with Crippen molar-refractivity contribution in [3.8, 4) is 0 Å². The Morgan fingerprint density at radius 2 is 2.33 bits per heavy atom. The molecule has 0 aliphatic rings. The van der Waals surface area contributed by atoms with Gasteiger partial charge in [0.1, 0.15) is 5.82 Å². The number of hydrogen-bond donors (Lipinski definition) is 2. The molecule has 1 aromatic heterocycles. The number of amides is 1. The Morgan fingerprint density at radius 3 is 2.94 bits per heavy atom. The quantitative estimate of drug-likeness (QED) is 0.827. The van der Waals surface area contributed by atoms with Crippen molar-refractivity contribution in [1.82, 2.24) is 14.9 Å². The van der Waals surface area contributed by atoms with E-state index >= 15 is 0 Å². The highest BCUT2D eigenvalue weighted by atomic mass is 35.5. The second-order valence-electron chi connectivity index (χ2n) is 3.87. The molecule has 6 heteroatoms. The van der Waals surface area contributed by atoms with Crippen LogP contribution in [-0.4, -0.2) is 15.5 Å². The van der Waals surface area contributed by atoms with Gasteiger partial charge in [-0.3, -0.25) is 4.79 Å². The fourth-order valence-electron chi connectivity index (χ4n) is 1.56. The standard InChI is InChI=1S/C12H13ClN4O/c1-17-5-4-15-11(17)7-16-12(18)9-3-2-8(13)6-10(9)14/h2-6H,7,14H2,1H3,(H,16,18). The van der Waals surface area contributed by atoms with Gasteiger partial charge < -0.3 is 15.6 Å². The predicted molar refractivity (Wildman–Crippen MR) is 70.2 cm³/mol. The summed E-state index contributed by atoms with van der Waals surface area (Å²) in [5.74, 6) is 0.531. The van der Waals surface area contributed by atoms with Crippen LogP contribution in [0.25, 0.3) is 0 Å². The van der Waals surface area contributed by atoms with E-state index in [0.717, 1.165) is 5.82 Å². The normalized spacial score (nSPS) is 10.3. The van der Waals surface area contributed by atoms with Gasteiger partial charge in [0, 0.05) is 30.2 Å². The number of nitrogens with zero attached hydrogens (tertiary/aromatic N) is 2. The Kier molecular flexibility index (Phi) is 3.53. The van der Waals surface area contributed by atoms with Gasteiger partial charge >= 0.3 is 0 Å². The van der Waals surface area contributed by atoms with Crippen molar-refractivity contribution in [2.75, 3.05) is 5.73 Å². The summed E-state index contributed by atoms with van der Waals surface area (Å²) in [5, 5.41) is 3.26. The minimum absolute atomic E-state index is 0.243. The fourth-order valence-corrected chi connectivity index (χ4v) is 1.74. The lowest BCUT2D eigenvalue weighted by Gasteiger charge is -2.07. The van der Waals surface area contributed by atoms with E-state index < -0.39 is 0 Å². The molecule has 18 heavy (non-hydrogen) atoms. The third-order valence-corrected chi connectivity index (χ3v) is 2.82. The van der Waals surface area contributed by atoms with Crippen molar-refractivity contribution in [3.63, 3.8) is 0 Å². The number of halogens is 1. The first-order valence-electron chi connectivity index (χ1n) is 5.37. The van der Waals surface area contributed by atoms with Crippen LogP contribution < -0.4 is 11.1 Å². The molecular weight excluding hydrogens is 252 g/mol. The first kappa shape index (κ1) is 12.4. The molecule has 0 bridgehead atoms. The number of carbonyl (C=O) groups excluding carboxylic acids is 1. The number of hydrogen-bond acceptors (Lipinski definition) is 3. The van der Waals surface area contributed by atoms with E-state index in [0.29, 0.717) is 22.8 Å². The summed E-state index contributed by atoms with van der Waals surface area (Å²) in [6.45, 7) is 0.352. The van der Waals surface area contributed by atoms with Gasteiger partial charge in [0.05, 0.1) is 12.1 Å². The van der Waals surface area contributed by atoms with Crippen molar-refractivity contribution >= 4 is 23.2 Å². The van der Waals surface area contributed by atoms with Crippen molar-refractivity contribution < 1.29 is 4.79 Å². The minimum Gasteiger partial charge on any atom is -0.398 e. The lowest BCUT2D eigenvalue weighted by Crippen LogP contribution is -2.25. The van der Waals surface area contributed by atoms with Crippen molar-refractivity contribution in [1.29, 1.82) is 0 Å². The molecule has 1 aromatic carbocycles. The first-order chi connectivity index (χ1) is 8.58. The third kappa shape index (κ3) is 2.62. The van der Waals surface area contributed by atoms with Crippen LogP contribution in [0, 0.1) is 0 Å². The zero-order valence-electron chi connectivity index (χ0n) is 9.85. The van der Waals surface area contributed by atoms with Crippen LogP contribution in [0.3, 0.4) is 0 Å². The van der Waals surface area contributed by atoms with Crippen LogP contribution in [0.15, 0.2) is 30.6 Å². The molecule has 0 fully saturated rings. The number of imidazole rings is 1. The average molecular weight is 265 g/mol. The lowest BCUT2D eigenvalue weighted by atomic mass is 10.1. The summed E-state index contributed by atoms with van der Waals surface area (Å²) in [4.78, 5) is 16.0. The maximum Gasteiger partial charge on any atom is 0.253 e. The fraction of sp³-hybridized carbons (Fsp3) is 0.167. The van der Waals surface area contributed by atoms with Crippen molar-refractivity contribution in [3.05, 3.63) is 47.0 Å². The molecule has 0 saturated heterocycles. The highest BCUT2D eigenvalue weighted by molar-refractivity contribution is 6.31. The number of nitrogens with two attached hydrogens (primary N) is 1. The van der Waals surface area contributed by atoms with E-state index in [2.05, 4.69) is 10.3 Å². The Labute approximate surface area is 110 Å². The van der Waals surface area contributed by atoms with Crippen LogP contribution in [0.4, 0.5) is 5.69 Å². The summed E-state index contributed by atoms with van der Waals surface area (Å²) >= 11 is 5.78. The molecule has 1 amide bonds. The number of anilines is 1. The lowest BCUT2D eigenvalue weighted by molar-refractivity contribution is 0.0950. The van der Waals surface area contributed by atoms with Gasteiger partial charge in [0.25, 0.3) is 5.91 Å². The van der Waals surface area contributed by atoms with Gasteiger partial charge in [-0.1, -0.05) is 11.6 Å². The van der Waals surface area contributed by atoms with E-state index in [1.807, 2.05) is 17.8 Å². The van der Waals surface area contributed by atoms with Crippen LogP contribution >= 0.6 is 11.6 Å². The maximum atomic E-state index is 11.9. The SMILES string of the molecule is Cn1ccnc1CNC(=O)c1ccc(Cl)cc1N.